The van der Waals surface area contributed by atoms with Gasteiger partial charge in [-0.15, -0.1) is 0 Å². The maximum absolute atomic E-state index is 12.7. The zero-order valence-electron chi connectivity index (χ0n) is 18.2. The molecule has 0 aromatic heterocycles. The van der Waals surface area contributed by atoms with Crippen molar-refractivity contribution in [2.24, 2.45) is 0 Å². The van der Waals surface area contributed by atoms with Crippen LogP contribution in [0.4, 0.5) is 11.4 Å². The predicted molar refractivity (Wildman–Crippen MR) is 122 cm³/mol. The molecule has 0 radical (unpaired) electrons. The number of ether oxygens (including phenoxy) is 1. The third kappa shape index (κ3) is 5.29. The Morgan fingerprint density at radius 2 is 1.74 bits per heavy atom. The van der Waals surface area contributed by atoms with Crippen molar-refractivity contribution in [1.82, 2.24) is 10.2 Å². The fourth-order valence-corrected chi connectivity index (χ4v) is 3.74. The zero-order chi connectivity index (χ0) is 21.8. The van der Waals surface area contributed by atoms with Gasteiger partial charge >= 0.3 is 0 Å². The van der Waals surface area contributed by atoms with E-state index in [0.717, 1.165) is 48.6 Å². The molecule has 1 aliphatic heterocycles. The Balaban J connectivity index is 1.28. The molecule has 2 aromatic rings. The molecular weight excluding hydrogens is 392 g/mol. The predicted octanol–water partition coefficient (Wildman–Crippen LogP) is 2.66. The number of nitrogens with one attached hydrogen (secondary N) is 2. The average Bonchev–Trinajstić information content (AvgIpc) is 3.62. The van der Waals surface area contributed by atoms with Gasteiger partial charge in [0.25, 0.3) is 5.91 Å². The summed E-state index contributed by atoms with van der Waals surface area (Å²) in [6.45, 7) is 5.17. The maximum atomic E-state index is 12.7. The number of benzene rings is 2. The van der Waals surface area contributed by atoms with E-state index in [0.29, 0.717) is 24.7 Å². The fourth-order valence-electron chi connectivity index (χ4n) is 3.74. The molecule has 1 aliphatic carbocycles. The molecular formula is C24H30N4O3. The molecule has 2 aliphatic rings. The van der Waals surface area contributed by atoms with Crippen LogP contribution >= 0.6 is 0 Å². The van der Waals surface area contributed by atoms with Gasteiger partial charge < -0.3 is 25.2 Å². The van der Waals surface area contributed by atoms with Gasteiger partial charge in [0.15, 0.2) is 0 Å². The van der Waals surface area contributed by atoms with Crippen molar-refractivity contribution < 1.29 is 14.3 Å². The molecule has 1 saturated carbocycles. The van der Waals surface area contributed by atoms with Crippen LogP contribution in [0.3, 0.4) is 0 Å². The van der Waals surface area contributed by atoms with E-state index < -0.39 is 0 Å². The number of hydrogen-bond donors (Lipinski definition) is 2. The summed E-state index contributed by atoms with van der Waals surface area (Å²) in [6, 6.07) is 13.9. The quantitative estimate of drug-likeness (QED) is 0.718. The first-order valence-corrected chi connectivity index (χ1v) is 10.9. The summed E-state index contributed by atoms with van der Waals surface area (Å²) in [5.74, 6) is 0.862. The van der Waals surface area contributed by atoms with E-state index in [1.807, 2.05) is 54.3 Å². The highest BCUT2D eigenvalue weighted by atomic mass is 16.5. The van der Waals surface area contributed by atoms with E-state index in [-0.39, 0.29) is 18.4 Å². The maximum Gasteiger partial charge on any atom is 0.251 e. The number of piperazine rings is 1. The molecule has 1 saturated heterocycles. The van der Waals surface area contributed by atoms with E-state index in [4.69, 9.17) is 4.74 Å². The van der Waals surface area contributed by atoms with Crippen molar-refractivity contribution in [3.8, 4) is 5.75 Å². The number of aryl methyl sites for hydroxylation is 1. The van der Waals surface area contributed by atoms with Crippen LogP contribution < -0.4 is 20.3 Å². The van der Waals surface area contributed by atoms with Crippen molar-refractivity contribution >= 4 is 23.2 Å². The fraction of sp³-hybridized carbons (Fsp3) is 0.417. The zero-order valence-corrected chi connectivity index (χ0v) is 18.2. The Morgan fingerprint density at radius 3 is 2.39 bits per heavy atom. The molecule has 2 aromatic carbocycles. The third-order valence-corrected chi connectivity index (χ3v) is 5.91. The smallest absolute Gasteiger partial charge is 0.251 e. The first-order valence-electron chi connectivity index (χ1n) is 10.9. The van der Waals surface area contributed by atoms with Crippen LogP contribution in [0.15, 0.2) is 42.5 Å². The van der Waals surface area contributed by atoms with Crippen LogP contribution in [0.2, 0.25) is 0 Å². The van der Waals surface area contributed by atoms with E-state index >= 15 is 0 Å². The van der Waals surface area contributed by atoms with Gasteiger partial charge in [0.1, 0.15) is 5.75 Å². The van der Waals surface area contributed by atoms with Crippen molar-refractivity contribution in [2.45, 2.75) is 25.8 Å². The molecule has 0 unspecified atom stereocenters. The number of anilines is 2. The molecule has 4 rings (SSSR count). The summed E-state index contributed by atoms with van der Waals surface area (Å²) in [7, 11) is 1.66. The summed E-state index contributed by atoms with van der Waals surface area (Å²) in [6.07, 6.45) is 2.12. The van der Waals surface area contributed by atoms with E-state index in [1.54, 1.807) is 7.11 Å². The summed E-state index contributed by atoms with van der Waals surface area (Å²) >= 11 is 0. The van der Waals surface area contributed by atoms with Crippen LogP contribution in [0.25, 0.3) is 0 Å². The topological polar surface area (TPSA) is 73.9 Å². The normalized spacial score (nSPS) is 16.1. The number of methoxy groups -OCH3 is 1. The van der Waals surface area contributed by atoms with Crippen molar-refractivity contribution in [3.05, 3.63) is 53.6 Å². The highest BCUT2D eigenvalue weighted by Crippen LogP contribution is 2.22. The summed E-state index contributed by atoms with van der Waals surface area (Å²) < 4.78 is 5.22. The Bertz CT molecular complexity index is 932. The number of nitrogens with zero attached hydrogens (tertiary/aromatic N) is 2. The number of carbonyl (C=O) groups excluding carboxylic acids is 2. The van der Waals surface area contributed by atoms with Crippen LogP contribution in [0.5, 0.6) is 5.75 Å². The summed E-state index contributed by atoms with van der Waals surface area (Å²) in [5.41, 5.74) is 3.61. The van der Waals surface area contributed by atoms with Crippen LogP contribution in [0.1, 0.15) is 28.8 Å². The molecule has 2 N–H and O–H groups in total. The van der Waals surface area contributed by atoms with Crippen molar-refractivity contribution in [3.63, 3.8) is 0 Å². The minimum Gasteiger partial charge on any atom is -0.497 e. The Labute approximate surface area is 183 Å². The van der Waals surface area contributed by atoms with Gasteiger partial charge in [-0.05, 0) is 61.7 Å². The Kier molecular flexibility index (Phi) is 6.30. The van der Waals surface area contributed by atoms with E-state index in [2.05, 4.69) is 15.5 Å². The SMILES string of the molecule is COc1ccc(N2CCN(C(=O)CNc3cc(C(=O)NC4CC4)ccc3C)CC2)cc1. The van der Waals surface area contributed by atoms with Gasteiger partial charge in [-0.1, -0.05) is 6.07 Å². The van der Waals surface area contributed by atoms with Crippen molar-refractivity contribution in [2.75, 3.05) is 50.1 Å². The first-order chi connectivity index (χ1) is 15.0. The van der Waals surface area contributed by atoms with Gasteiger partial charge in [-0.2, -0.15) is 0 Å². The standard InChI is InChI=1S/C24H30N4O3/c1-17-3-4-18(24(30)26-19-5-6-19)15-22(17)25-16-23(29)28-13-11-27(12-14-28)20-7-9-21(31-2)10-8-20/h3-4,7-10,15,19,25H,5-6,11-14,16H2,1-2H3,(H,26,30). The minimum absolute atomic E-state index is 0.0495. The summed E-state index contributed by atoms with van der Waals surface area (Å²) in [4.78, 5) is 29.2. The minimum atomic E-state index is -0.0495. The number of rotatable bonds is 7. The first kappa shape index (κ1) is 21.0. The monoisotopic (exact) mass is 422 g/mol. The second-order valence-corrected chi connectivity index (χ2v) is 8.20. The Hall–Kier alpha value is -3.22. The van der Waals surface area contributed by atoms with Crippen molar-refractivity contribution in [1.29, 1.82) is 0 Å². The highest BCUT2D eigenvalue weighted by molar-refractivity contribution is 5.96. The number of carbonyl (C=O) groups is 2. The highest BCUT2D eigenvalue weighted by Gasteiger charge is 2.24. The van der Waals surface area contributed by atoms with Gasteiger partial charge in [-0.3, -0.25) is 9.59 Å². The molecule has 1 heterocycles. The Morgan fingerprint density at radius 1 is 1.03 bits per heavy atom. The van der Waals surface area contributed by atoms with Crippen LogP contribution in [-0.2, 0) is 4.79 Å². The molecule has 31 heavy (non-hydrogen) atoms. The van der Waals surface area contributed by atoms with E-state index in [9.17, 15) is 9.59 Å². The van der Waals surface area contributed by atoms with Gasteiger partial charge in [0, 0.05) is 49.2 Å². The second-order valence-electron chi connectivity index (χ2n) is 8.20. The molecule has 164 valence electrons. The lowest BCUT2D eigenvalue weighted by Gasteiger charge is -2.36. The van der Waals surface area contributed by atoms with Gasteiger partial charge in [-0.25, -0.2) is 0 Å². The average molecular weight is 423 g/mol. The number of hydrogen-bond acceptors (Lipinski definition) is 5. The lowest BCUT2D eigenvalue weighted by Crippen LogP contribution is -2.50. The van der Waals surface area contributed by atoms with Gasteiger partial charge in [0.2, 0.25) is 5.91 Å². The molecule has 7 heteroatoms. The van der Waals surface area contributed by atoms with Crippen LogP contribution in [-0.4, -0.2) is 62.6 Å². The molecule has 0 bridgehead atoms. The lowest BCUT2D eigenvalue weighted by molar-refractivity contribution is -0.129. The lowest BCUT2D eigenvalue weighted by atomic mass is 10.1. The van der Waals surface area contributed by atoms with Gasteiger partial charge in [0.05, 0.1) is 13.7 Å². The molecule has 7 nitrogen and oxygen atoms in total. The van der Waals surface area contributed by atoms with E-state index in [1.165, 1.54) is 0 Å². The molecule has 2 amide bonds. The number of amides is 2. The second kappa shape index (κ2) is 9.29. The largest absolute Gasteiger partial charge is 0.497 e. The molecule has 2 fully saturated rings. The third-order valence-electron chi connectivity index (χ3n) is 5.91. The summed E-state index contributed by atoms with van der Waals surface area (Å²) in [5, 5.41) is 6.23. The van der Waals surface area contributed by atoms with Crippen LogP contribution in [0, 0.1) is 6.92 Å². The molecule has 0 atom stereocenters. The molecule has 0 spiro atoms.